The molecule has 140 valence electrons. The molecule has 3 rings (SSSR count). The molecule has 2 aromatic rings. The zero-order valence-electron chi connectivity index (χ0n) is 14.8. The molecule has 1 aromatic carbocycles. The number of hydrogen-bond donors (Lipinski definition) is 4. The maximum Gasteiger partial charge on any atom is 0.242 e. The van der Waals surface area contributed by atoms with E-state index in [4.69, 9.17) is 5.73 Å². The van der Waals surface area contributed by atoms with E-state index in [-0.39, 0.29) is 11.9 Å². The summed E-state index contributed by atoms with van der Waals surface area (Å²) in [6.07, 6.45) is 2.84. The highest BCUT2D eigenvalue weighted by atomic mass is 32.1. The normalized spacial score (nSPS) is 21.5. The molecule has 1 aromatic heterocycles. The number of nitrogens with zero attached hydrogens (tertiary/aromatic N) is 2. The van der Waals surface area contributed by atoms with Gasteiger partial charge in [-0.3, -0.25) is 9.80 Å². The van der Waals surface area contributed by atoms with Crippen LogP contribution in [0.2, 0.25) is 0 Å². The van der Waals surface area contributed by atoms with Crippen LogP contribution in [-0.2, 0) is 11.2 Å². The number of hydrazine groups is 1. The second-order valence-corrected chi connectivity index (χ2v) is 7.97. The van der Waals surface area contributed by atoms with Gasteiger partial charge in [0.1, 0.15) is 6.04 Å². The van der Waals surface area contributed by atoms with Crippen LogP contribution in [0.25, 0.3) is 0 Å². The van der Waals surface area contributed by atoms with Crippen molar-refractivity contribution < 1.29 is 15.0 Å². The topological polar surface area (TPSA) is 112 Å². The molecule has 0 radical (unpaired) electrons. The number of nitrogens with one attached hydrogen (secondary N) is 1. The fourth-order valence-electron chi connectivity index (χ4n) is 3.36. The summed E-state index contributed by atoms with van der Waals surface area (Å²) in [6, 6.07) is 8.84. The number of anilines is 1. The number of rotatable bonds is 7. The zero-order valence-corrected chi connectivity index (χ0v) is 15.6. The number of hydrogen-bond acceptors (Lipinski definition) is 7. The fraction of sp³-hybridized carbons (Fsp3) is 0.444. The standard InChI is InChI=1S/C18H24N4O3S/c1-11(12-6-4-3-5-7-12)21-22-15(18(2,24)25)14(16(22)23)9-8-13-10-20-17(19)26-13/h3-7,10-11,14-15,21,24-25H,8-9H2,1-2H3,(H2,19,20)/t11-,14-,15+/m1/s1. The van der Waals surface area contributed by atoms with E-state index in [0.717, 1.165) is 10.4 Å². The van der Waals surface area contributed by atoms with E-state index in [1.54, 1.807) is 6.20 Å². The van der Waals surface area contributed by atoms with Crippen LogP contribution in [0.5, 0.6) is 0 Å². The predicted molar refractivity (Wildman–Crippen MR) is 99.8 cm³/mol. The molecule has 8 heteroatoms. The first-order chi connectivity index (χ1) is 12.3. The second-order valence-electron chi connectivity index (χ2n) is 6.82. The van der Waals surface area contributed by atoms with Crippen molar-refractivity contribution in [3.8, 4) is 0 Å². The van der Waals surface area contributed by atoms with Crippen molar-refractivity contribution in [1.29, 1.82) is 0 Å². The van der Waals surface area contributed by atoms with Crippen LogP contribution in [0.1, 0.15) is 36.8 Å². The zero-order chi connectivity index (χ0) is 18.9. The van der Waals surface area contributed by atoms with E-state index in [1.807, 2.05) is 37.3 Å². The van der Waals surface area contributed by atoms with Crippen LogP contribution >= 0.6 is 11.3 Å². The van der Waals surface area contributed by atoms with Crippen LogP contribution in [0.4, 0.5) is 5.13 Å². The molecule has 5 N–H and O–H groups in total. The molecule has 0 bridgehead atoms. The molecule has 0 saturated carbocycles. The van der Waals surface area contributed by atoms with Gasteiger partial charge < -0.3 is 15.9 Å². The van der Waals surface area contributed by atoms with Gasteiger partial charge in [0.05, 0.1) is 5.92 Å². The van der Waals surface area contributed by atoms with Crippen LogP contribution < -0.4 is 11.2 Å². The monoisotopic (exact) mass is 376 g/mol. The Hall–Kier alpha value is -2.00. The second kappa shape index (κ2) is 7.32. The molecule has 1 fully saturated rings. The van der Waals surface area contributed by atoms with Gasteiger partial charge in [0.25, 0.3) is 0 Å². The molecule has 0 unspecified atom stereocenters. The number of carbonyl (C=O) groups is 1. The molecule has 26 heavy (non-hydrogen) atoms. The third kappa shape index (κ3) is 3.88. The highest BCUT2D eigenvalue weighted by molar-refractivity contribution is 7.15. The van der Waals surface area contributed by atoms with Gasteiger partial charge in [-0.2, -0.15) is 0 Å². The molecule has 7 nitrogen and oxygen atoms in total. The minimum absolute atomic E-state index is 0.132. The van der Waals surface area contributed by atoms with Crippen molar-refractivity contribution in [3.63, 3.8) is 0 Å². The molecule has 1 amide bonds. The summed E-state index contributed by atoms with van der Waals surface area (Å²) in [7, 11) is 0. The first kappa shape index (κ1) is 18.8. The Kier molecular flexibility index (Phi) is 5.29. The number of aliphatic hydroxyl groups is 2. The van der Waals surface area contributed by atoms with Crippen molar-refractivity contribution >= 4 is 22.4 Å². The molecule has 0 spiro atoms. The summed E-state index contributed by atoms with van der Waals surface area (Å²) >= 11 is 1.38. The number of β-lactam (4-membered cyclic amide) rings is 1. The number of nitrogen functional groups attached to an aromatic ring is 1. The molecule has 1 aliphatic rings. The maximum atomic E-state index is 12.6. The average molecular weight is 376 g/mol. The molecule has 2 heterocycles. The smallest absolute Gasteiger partial charge is 0.242 e. The molecular formula is C18H24N4O3S. The predicted octanol–water partition coefficient (Wildman–Crippen LogP) is 1.45. The van der Waals surface area contributed by atoms with Gasteiger partial charge in [-0.1, -0.05) is 30.3 Å². The van der Waals surface area contributed by atoms with E-state index in [0.29, 0.717) is 18.0 Å². The van der Waals surface area contributed by atoms with Gasteiger partial charge in [-0.05, 0) is 32.3 Å². The Balaban J connectivity index is 1.67. The lowest BCUT2D eigenvalue weighted by molar-refractivity contribution is -0.244. The van der Waals surface area contributed by atoms with Gasteiger partial charge in [0.2, 0.25) is 5.91 Å². The van der Waals surface area contributed by atoms with Gasteiger partial charge in [-0.25, -0.2) is 10.4 Å². The summed E-state index contributed by atoms with van der Waals surface area (Å²) in [5, 5.41) is 22.2. The van der Waals surface area contributed by atoms with Crippen LogP contribution in [0, 0.1) is 5.92 Å². The first-order valence-electron chi connectivity index (χ1n) is 8.56. The van der Waals surface area contributed by atoms with Crippen molar-refractivity contribution in [2.45, 2.75) is 44.6 Å². The van der Waals surface area contributed by atoms with Crippen molar-refractivity contribution in [1.82, 2.24) is 15.4 Å². The Labute approximate surface area is 156 Å². The maximum absolute atomic E-state index is 12.6. The number of carbonyl (C=O) groups excluding carboxylic acids is 1. The lowest BCUT2D eigenvalue weighted by Crippen LogP contribution is -2.73. The number of thiazole rings is 1. The molecule has 1 saturated heterocycles. The fourth-order valence-corrected chi connectivity index (χ4v) is 4.06. The van der Waals surface area contributed by atoms with Crippen molar-refractivity contribution in [2.75, 3.05) is 5.73 Å². The lowest BCUT2D eigenvalue weighted by Gasteiger charge is -2.52. The van der Waals surface area contributed by atoms with Crippen LogP contribution in [0.3, 0.4) is 0 Å². The average Bonchev–Trinajstić information content (AvgIpc) is 3.01. The third-order valence-corrected chi connectivity index (χ3v) is 5.57. The lowest BCUT2D eigenvalue weighted by atomic mass is 9.80. The summed E-state index contributed by atoms with van der Waals surface area (Å²) in [5.74, 6) is -2.59. The van der Waals surface area contributed by atoms with Gasteiger partial charge in [0, 0.05) is 17.1 Å². The minimum atomic E-state index is -1.99. The Bertz CT molecular complexity index is 759. The Morgan fingerprint density at radius 3 is 2.65 bits per heavy atom. The first-order valence-corrected chi connectivity index (χ1v) is 9.38. The van der Waals surface area contributed by atoms with E-state index < -0.39 is 17.7 Å². The number of benzene rings is 1. The number of aromatic nitrogens is 1. The summed E-state index contributed by atoms with van der Waals surface area (Å²) < 4.78 is 0. The molecule has 3 atom stereocenters. The number of amides is 1. The number of nitrogens with two attached hydrogens (primary N) is 1. The molecule has 0 aliphatic carbocycles. The van der Waals surface area contributed by atoms with Crippen LogP contribution in [0.15, 0.2) is 36.5 Å². The van der Waals surface area contributed by atoms with E-state index in [9.17, 15) is 15.0 Å². The minimum Gasteiger partial charge on any atom is -0.375 e. The largest absolute Gasteiger partial charge is 0.375 e. The SMILES string of the molecule is C[C@@H](NN1C(=O)[C@H](CCc2cnc(N)s2)[C@H]1C(C)(O)O)c1ccccc1. The van der Waals surface area contributed by atoms with Crippen molar-refractivity contribution in [2.24, 2.45) is 5.92 Å². The van der Waals surface area contributed by atoms with E-state index in [1.165, 1.54) is 23.3 Å². The van der Waals surface area contributed by atoms with E-state index in [2.05, 4.69) is 10.4 Å². The number of aryl methyl sites for hydroxylation is 1. The van der Waals surface area contributed by atoms with Crippen LogP contribution in [-0.4, -0.2) is 37.9 Å². The highest BCUT2D eigenvalue weighted by Gasteiger charge is 2.55. The Morgan fingerprint density at radius 1 is 1.38 bits per heavy atom. The summed E-state index contributed by atoms with van der Waals surface area (Å²) in [4.78, 5) is 17.6. The van der Waals surface area contributed by atoms with Gasteiger partial charge in [-0.15, -0.1) is 11.3 Å². The third-order valence-electron chi connectivity index (χ3n) is 4.68. The molecular weight excluding hydrogens is 352 g/mol. The quantitative estimate of drug-likeness (QED) is 0.430. The summed E-state index contributed by atoms with van der Waals surface area (Å²) in [5.41, 5.74) is 9.75. The Morgan fingerprint density at radius 2 is 2.08 bits per heavy atom. The highest BCUT2D eigenvalue weighted by Crippen LogP contribution is 2.36. The van der Waals surface area contributed by atoms with Gasteiger partial charge >= 0.3 is 0 Å². The molecule has 1 aliphatic heterocycles. The van der Waals surface area contributed by atoms with Gasteiger partial charge in [0.15, 0.2) is 10.9 Å². The van der Waals surface area contributed by atoms with E-state index >= 15 is 0 Å². The summed E-state index contributed by atoms with van der Waals surface area (Å²) in [6.45, 7) is 3.24. The van der Waals surface area contributed by atoms with Crippen molar-refractivity contribution in [3.05, 3.63) is 47.0 Å².